The van der Waals surface area contributed by atoms with Crippen molar-refractivity contribution < 1.29 is 60.1 Å². The van der Waals surface area contributed by atoms with Crippen LogP contribution in [0.5, 0.6) is 11.5 Å². The number of fused-ring (bicyclic) bond motifs is 4. The third-order valence-corrected chi connectivity index (χ3v) is 12.8. The number of nitrogens with zero attached hydrogens (tertiary/aromatic N) is 2. The molecule has 3 aliphatic rings. The van der Waals surface area contributed by atoms with Gasteiger partial charge in [-0.1, -0.05) is 48.5 Å². The summed E-state index contributed by atoms with van der Waals surface area (Å²) in [7, 11) is 0. The number of aliphatic hydroxyl groups excluding tert-OH is 1. The number of quaternary nitrogens is 1. The minimum Gasteiger partial charge on any atom is -1.00 e. The van der Waals surface area contributed by atoms with E-state index in [0.29, 0.717) is 65.1 Å². The number of benzene rings is 3. The second kappa shape index (κ2) is 22.5. The summed E-state index contributed by atoms with van der Waals surface area (Å²) in [5.41, 5.74) is 2.04. The molecule has 65 heavy (non-hydrogen) atoms. The number of thiophene rings is 1. The third-order valence-electron chi connectivity index (χ3n) is 11.9. The fraction of sp³-hybridized carbons (Fsp3) is 0.333. The molecule has 2 atom stereocenters. The van der Waals surface area contributed by atoms with E-state index in [9.17, 15) is 29.4 Å². The van der Waals surface area contributed by atoms with Gasteiger partial charge in [-0.2, -0.15) is 0 Å². The number of halogens is 2. The lowest BCUT2D eigenvalue weighted by Crippen LogP contribution is -3.00. The smallest absolute Gasteiger partial charge is 0.415 e. The number of aromatic amines is 1. The predicted molar refractivity (Wildman–Crippen MR) is 244 cm³/mol. The van der Waals surface area contributed by atoms with Crippen molar-refractivity contribution in [3.8, 4) is 11.5 Å². The van der Waals surface area contributed by atoms with E-state index in [0.717, 1.165) is 36.4 Å². The van der Waals surface area contributed by atoms with Crippen LogP contribution < -0.4 is 32.9 Å². The summed E-state index contributed by atoms with van der Waals surface area (Å²) >= 11 is 1.46. The van der Waals surface area contributed by atoms with Gasteiger partial charge < -0.3 is 56.0 Å². The highest BCUT2D eigenvalue weighted by atomic mass is 35.5. The Morgan fingerprint density at radius 3 is 2.55 bits per heavy atom. The topological polar surface area (TPSA) is 181 Å². The Morgan fingerprint density at radius 2 is 1.77 bits per heavy atom. The number of aromatic nitrogens is 1. The van der Waals surface area contributed by atoms with Crippen LogP contribution in [0.1, 0.15) is 68.9 Å². The summed E-state index contributed by atoms with van der Waals surface area (Å²) in [6, 6.07) is 29.9. The molecule has 0 saturated carbocycles. The molecule has 17 heteroatoms. The maximum absolute atomic E-state index is 14.1. The molecule has 14 nitrogen and oxygen atoms in total. The van der Waals surface area contributed by atoms with Gasteiger partial charge in [0.2, 0.25) is 17.1 Å². The molecular formula is C48H52Cl2N4O10S. The molecule has 2 unspecified atom stereocenters. The van der Waals surface area contributed by atoms with Crippen LogP contribution in [-0.2, 0) is 22.6 Å². The molecule has 3 aromatic carbocycles. The lowest BCUT2D eigenvalue weighted by atomic mass is 9.83. The number of H-pyrrole nitrogens is 1. The molecule has 3 aliphatic heterocycles. The van der Waals surface area contributed by atoms with Crippen molar-refractivity contribution in [2.75, 3.05) is 50.8 Å². The molecule has 6 heterocycles. The van der Waals surface area contributed by atoms with Gasteiger partial charge in [0.15, 0.2) is 6.10 Å². The van der Waals surface area contributed by atoms with Crippen LogP contribution in [0.2, 0.25) is 0 Å². The molecule has 6 aromatic rings. The van der Waals surface area contributed by atoms with Crippen LogP contribution in [0.15, 0.2) is 118 Å². The number of carbonyl (C=O) groups is 3. The molecule has 0 spiro atoms. The first-order valence-corrected chi connectivity index (χ1v) is 22.2. The van der Waals surface area contributed by atoms with Crippen LogP contribution >= 0.6 is 23.7 Å². The molecule has 4 N–H and O–H groups in total. The molecule has 3 aromatic heterocycles. The van der Waals surface area contributed by atoms with Gasteiger partial charge in [0.25, 0.3) is 0 Å². The summed E-state index contributed by atoms with van der Waals surface area (Å²) < 4.78 is 24.2. The van der Waals surface area contributed by atoms with Crippen molar-refractivity contribution in [2.24, 2.45) is 5.92 Å². The molecule has 3 fully saturated rings. The van der Waals surface area contributed by atoms with Gasteiger partial charge in [-0.3, -0.25) is 14.5 Å². The normalized spacial score (nSPS) is 17.9. The number of piperidine rings is 3. The number of Topliss-reactive ketones (excluding diaryl/α,β-unsaturated/α-hetero) is 1. The number of anilines is 1. The highest BCUT2D eigenvalue weighted by molar-refractivity contribution is 7.12. The molecule has 0 radical (unpaired) electrons. The lowest BCUT2D eigenvalue weighted by molar-refractivity contribution is -0.938. The third kappa shape index (κ3) is 12.2. The van der Waals surface area contributed by atoms with Crippen LogP contribution in [-0.4, -0.2) is 89.5 Å². The molecule has 2 bridgehead atoms. The van der Waals surface area contributed by atoms with Crippen molar-refractivity contribution in [3.05, 3.63) is 146 Å². The summed E-state index contributed by atoms with van der Waals surface area (Å²) in [5.74, 6) is 0.689. The SMILES string of the molecule is Cl.O=C(OCCCCNCC(O)c1ccc(O)c2[nH]c(=O)ccc12)c1ccc(COc2cccc(N(Cc3ccccc3)C(=O)OC3C[N+]4(CC(=O)c5cccs5)CCC3CC4)c2)o1.[Cl-]. The zero-order chi connectivity index (χ0) is 43.8. The second-order valence-electron chi connectivity index (χ2n) is 16.3. The quantitative estimate of drug-likeness (QED) is 0.0380. The second-order valence-corrected chi connectivity index (χ2v) is 17.2. The highest BCUT2D eigenvalue weighted by Crippen LogP contribution is 2.37. The predicted octanol–water partition coefficient (Wildman–Crippen LogP) is 4.79. The monoisotopic (exact) mass is 946 g/mol. The number of aliphatic hydroxyl groups is 1. The van der Waals surface area contributed by atoms with E-state index in [1.807, 2.05) is 60.0 Å². The highest BCUT2D eigenvalue weighted by Gasteiger charge is 2.49. The van der Waals surface area contributed by atoms with Crippen LogP contribution in [0.4, 0.5) is 10.5 Å². The number of aromatic hydroxyl groups is 1. The van der Waals surface area contributed by atoms with Gasteiger partial charge in [0.05, 0.1) is 48.4 Å². The maximum Gasteiger partial charge on any atom is 0.415 e. The molecule has 0 aliphatic carbocycles. The van der Waals surface area contributed by atoms with E-state index in [2.05, 4.69) is 10.3 Å². The summed E-state index contributed by atoms with van der Waals surface area (Å²) in [5, 5.41) is 26.5. The summed E-state index contributed by atoms with van der Waals surface area (Å²) in [6.45, 7) is 4.15. The first-order chi connectivity index (χ1) is 30.6. The maximum atomic E-state index is 14.1. The molecular weight excluding hydrogens is 896 g/mol. The minimum absolute atomic E-state index is 0. The van der Waals surface area contributed by atoms with Gasteiger partial charge in [-0.05, 0) is 78.4 Å². The van der Waals surface area contributed by atoms with E-state index >= 15 is 0 Å². The number of furan rings is 1. The number of rotatable bonds is 19. The van der Waals surface area contributed by atoms with Crippen LogP contribution in [0.25, 0.3) is 10.9 Å². The number of ketones is 1. The fourth-order valence-electron chi connectivity index (χ4n) is 8.56. The number of phenolic OH excluding ortho intramolecular Hbond substituents is 1. The molecule has 344 valence electrons. The Morgan fingerprint density at radius 1 is 0.954 bits per heavy atom. The minimum atomic E-state index is -0.868. The Balaban J connectivity index is 0.00000350. The van der Waals surface area contributed by atoms with Crippen molar-refractivity contribution in [1.29, 1.82) is 0 Å². The van der Waals surface area contributed by atoms with Gasteiger partial charge >= 0.3 is 12.1 Å². The summed E-state index contributed by atoms with van der Waals surface area (Å²) in [6.07, 6.45) is 1.45. The number of hydrogen-bond donors (Lipinski definition) is 4. The van der Waals surface area contributed by atoms with E-state index in [1.54, 1.807) is 41.3 Å². The number of phenols is 1. The summed E-state index contributed by atoms with van der Waals surface area (Å²) in [4.78, 5) is 56.7. The van der Waals surface area contributed by atoms with E-state index < -0.39 is 18.2 Å². The number of hydrogen-bond acceptors (Lipinski definition) is 12. The number of pyridine rings is 1. The number of unbranched alkanes of at least 4 members (excludes halogenated alkanes) is 1. The largest absolute Gasteiger partial charge is 1.00 e. The Bertz CT molecular complexity index is 2580. The fourth-order valence-corrected chi connectivity index (χ4v) is 9.22. The zero-order valence-corrected chi connectivity index (χ0v) is 38.0. The van der Waals surface area contributed by atoms with E-state index in [4.69, 9.17) is 18.6 Å². The number of ether oxygens (including phenoxy) is 3. The molecule has 3 saturated heterocycles. The first kappa shape index (κ1) is 48.8. The average Bonchev–Trinajstić information content (AvgIpc) is 4.02. The van der Waals surface area contributed by atoms with Crippen molar-refractivity contribution >= 4 is 58.2 Å². The molecule has 9 rings (SSSR count). The van der Waals surface area contributed by atoms with Crippen LogP contribution in [0.3, 0.4) is 0 Å². The van der Waals surface area contributed by atoms with Crippen molar-refractivity contribution in [3.63, 3.8) is 0 Å². The van der Waals surface area contributed by atoms with E-state index in [-0.39, 0.29) is 91.5 Å². The lowest BCUT2D eigenvalue weighted by Gasteiger charge is -2.51. The van der Waals surface area contributed by atoms with Crippen molar-refractivity contribution in [1.82, 2.24) is 10.3 Å². The number of amides is 1. The van der Waals surface area contributed by atoms with Gasteiger partial charge in [-0.15, -0.1) is 23.7 Å². The molecule has 1 amide bonds. The average molecular weight is 948 g/mol. The van der Waals surface area contributed by atoms with Gasteiger partial charge in [-0.25, -0.2) is 9.59 Å². The first-order valence-electron chi connectivity index (χ1n) is 21.3. The Labute approximate surface area is 392 Å². The van der Waals surface area contributed by atoms with Crippen LogP contribution in [0, 0.1) is 5.92 Å². The Hall–Kier alpha value is -5.68. The van der Waals surface area contributed by atoms with Gasteiger partial charge in [0.1, 0.15) is 37.0 Å². The Kier molecular flexibility index (Phi) is 16.9. The standard InChI is InChI=1S/C48H50N4O10S.2ClH/c53-39-16-14-37(38-15-18-45(56)50-46(38)39)40(54)27-49-21-4-5-24-59-47(57)42-17-13-36(61-42)31-60-35-11-6-10-34(26-35)51(28-32-8-2-1-3-9-32)48(58)62-43-30-52(22-19-33(43)20-23-52)29-41(55)44-12-7-25-63-44;;/h1-3,6-18,25-26,33,40,43,49,54H,4-5,19-24,27-31H2,(H-,50,53,56);2*1H. The number of nitrogens with one attached hydrogen (secondary N) is 2. The van der Waals surface area contributed by atoms with Crippen molar-refractivity contribution in [2.45, 2.75) is 51.0 Å². The zero-order valence-electron chi connectivity index (χ0n) is 35.6. The number of esters is 1. The van der Waals surface area contributed by atoms with Gasteiger partial charge in [0, 0.05) is 42.8 Å². The van der Waals surface area contributed by atoms with E-state index in [1.165, 1.54) is 23.5 Å². The number of carbonyl (C=O) groups excluding carboxylic acids is 3.